The zero-order chi connectivity index (χ0) is 23.9. The summed E-state index contributed by atoms with van der Waals surface area (Å²) in [6.07, 6.45) is 8.01. The van der Waals surface area contributed by atoms with Gasteiger partial charge < -0.3 is 23.7 Å². The minimum Gasteiger partial charge on any atom is -0.497 e. The van der Waals surface area contributed by atoms with Gasteiger partial charge in [0, 0.05) is 11.3 Å². The van der Waals surface area contributed by atoms with E-state index >= 15 is 0 Å². The Balaban J connectivity index is 1.49. The first-order valence-corrected chi connectivity index (χ1v) is 12.7. The van der Waals surface area contributed by atoms with Gasteiger partial charge in [0.05, 0.1) is 32.8 Å². The topological polar surface area (TPSA) is 63.2 Å². The molecule has 0 amide bonds. The highest BCUT2D eigenvalue weighted by Crippen LogP contribution is 2.82. The first-order chi connectivity index (χ1) is 16.3. The summed E-state index contributed by atoms with van der Waals surface area (Å²) in [5.74, 6) is 1.12. The molecule has 0 aromatic heterocycles. The molecule has 1 aromatic carbocycles. The van der Waals surface area contributed by atoms with Gasteiger partial charge in [0.1, 0.15) is 11.9 Å². The van der Waals surface area contributed by atoms with E-state index in [-0.39, 0.29) is 22.9 Å². The number of hydrogen-bond donors (Lipinski definition) is 0. The number of carbonyl (C=O) groups is 1. The second-order valence-corrected chi connectivity index (χ2v) is 11.2. The van der Waals surface area contributed by atoms with Gasteiger partial charge in [-0.05, 0) is 73.1 Å². The summed E-state index contributed by atoms with van der Waals surface area (Å²) >= 11 is 0. The zero-order valence-corrected chi connectivity index (χ0v) is 20.9. The molecule has 6 rings (SSSR count). The lowest BCUT2D eigenvalue weighted by molar-refractivity contribution is -0.264. The lowest BCUT2D eigenvalue weighted by Gasteiger charge is -2.59. The zero-order valence-electron chi connectivity index (χ0n) is 20.9. The number of benzene rings is 1. The summed E-state index contributed by atoms with van der Waals surface area (Å²) < 4.78 is 29.3. The molecule has 7 atom stereocenters. The number of allylic oxidation sites excluding steroid dienone is 1. The number of fused-ring (bicyclic) bond motifs is 3. The van der Waals surface area contributed by atoms with E-state index in [0.29, 0.717) is 25.0 Å². The van der Waals surface area contributed by atoms with Crippen molar-refractivity contribution in [2.75, 3.05) is 27.4 Å². The van der Waals surface area contributed by atoms with Gasteiger partial charge in [0.2, 0.25) is 0 Å². The molecule has 2 bridgehead atoms. The molecule has 1 saturated heterocycles. The quantitative estimate of drug-likeness (QED) is 0.446. The van der Waals surface area contributed by atoms with Crippen molar-refractivity contribution in [2.45, 2.75) is 64.3 Å². The van der Waals surface area contributed by atoms with Crippen LogP contribution in [0, 0.1) is 28.1 Å². The van der Waals surface area contributed by atoms with Crippen LogP contribution < -0.4 is 4.74 Å². The summed E-state index contributed by atoms with van der Waals surface area (Å²) in [5, 5.41) is 0. The van der Waals surface area contributed by atoms with Crippen LogP contribution in [0.15, 0.2) is 30.4 Å². The maximum Gasteiger partial charge on any atom is 0.508 e. The van der Waals surface area contributed by atoms with Gasteiger partial charge in [-0.25, -0.2) is 4.79 Å². The molecule has 0 spiro atoms. The number of hydrogen-bond acceptors (Lipinski definition) is 6. The maximum absolute atomic E-state index is 12.5. The molecule has 6 nitrogen and oxygen atoms in total. The van der Waals surface area contributed by atoms with Crippen LogP contribution >= 0.6 is 0 Å². The predicted molar refractivity (Wildman–Crippen MR) is 126 cm³/mol. The fourth-order valence-electron chi connectivity index (χ4n) is 9.40. The first-order valence-electron chi connectivity index (χ1n) is 12.7. The molecule has 184 valence electrons. The summed E-state index contributed by atoms with van der Waals surface area (Å²) in [6.45, 7) is 7.82. The van der Waals surface area contributed by atoms with Gasteiger partial charge in [-0.15, -0.1) is 0 Å². The Morgan fingerprint density at radius 3 is 2.56 bits per heavy atom. The second-order valence-electron chi connectivity index (χ2n) is 11.2. The molecular formula is C28H36O6. The molecule has 4 aliphatic carbocycles. The fourth-order valence-corrected chi connectivity index (χ4v) is 9.40. The Bertz CT molecular complexity index is 1040. The van der Waals surface area contributed by atoms with Gasteiger partial charge >= 0.3 is 6.16 Å². The number of rotatable bonds is 3. The molecule has 5 aliphatic rings. The van der Waals surface area contributed by atoms with Crippen LogP contribution in [0.1, 0.15) is 57.1 Å². The van der Waals surface area contributed by atoms with Crippen LogP contribution in [0.2, 0.25) is 0 Å². The third-order valence-corrected chi connectivity index (χ3v) is 10.7. The van der Waals surface area contributed by atoms with Crippen molar-refractivity contribution in [3.63, 3.8) is 0 Å². The molecule has 1 aromatic rings. The summed E-state index contributed by atoms with van der Waals surface area (Å²) in [5.41, 5.74) is 2.02. The highest BCUT2D eigenvalue weighted by molar-refractivity contribution is 5.61. The Morgan fingerprint density at radius 1 is 1.09 bits per heavy atom. The minimum atomic E-state index is -0.851. The van der Waals surface area contributed by atoms with Crippen molar-refractivity contribution in [1.29, 1.82) is 0 Å². The van der Waals surface area contributed by atoms with Gasteiger partial charge in [0.15, 0.2) is 5.79 Å². The molecule has 3 fully saturated rings. The Labute approximate surface area is 201 Å². The summed E-state index contributed by atoms with van der Waals surface area (Å²) in [7, 11) is 3.11. The average Bonchev–Trinajstić information content (AvgIpc) is 3.46. The molecule has 6 heteroatoms. The van der Waals surface area contributed by atoms with Crippen molar-refractivity contribution in [1.82, 2.24) is 0 Å². The van der Waals surface area contributed by atoms with Crippen LogP contribution in [0.25, 0.3) is 0 Å². The lowest BCUT2D eigenvalue weighted by Crippen LogP contribution is -2.60. The molecule has 1 heterocycles. The molecule has 0 N–H and O–H groups in total. The Morgan fingerprint density at radius 2 is 1.85 bits per heavy atom. The summed E-state index contributed by atoms with van der Waals surface area (Å²) in [6, 6.07) is 6.60. The van der Waals surface area contributed by atoms with E-state index in [1.807, 2.05) is 6.92 Å². The van der Waals surface area contributed by atoms with Crippen LogP contribution in [0.4, 0.5) is 4.79 Å². The first kappa shape index (κ1) is 22.4. The number of aryl methyl sites for hydroxylation is 1. The van der Waals surface area contributed by atoms with Gasteiger partial charge in [-0.2, -0.15) is 0 Å². The second kappa shape index (κ2) is 7.23. The smallest absolute Gasteiger partial charge is 0.497 e. The number of methoxy groups -OCH3 is 2. The largest absolute Gasteiger partial charge is 0.508 e. The molecule has 1 aliphatic heterocycles. The van der Waals surface area contributed by atoms with E-state index in [1.165, 1.54) is 18.2 Å². The van der Waals surface area contributed by atoms with Crippen molar-refractivity contribution in [3.8, 4) is 5.75 Å². The molecule has 34 heavy (non-hydrogen) atoms. The number of ether oxygens (including phenoxy) is 5. The normalized spacial score (nSPS) is 43.1. The third-order valence-electron chi connectivity index (χ3n) is 10.7. The van der Waals surface area contributed by atoms with Gasteiger partial charge in [-0.3, -0.25) is 0 Å². The van der Waals surface area contributed by atoms with Crippen LogP contribution in [-0.4, -0.2) is 45.5 Å². The van der Waals surface area contributed by atoms with Gasteiger partial charge in [-0.1, -0.05) is 32.1 Å². The molecular weight excluding hydrogens is 432 g/mol. The van der Waals surface area contributed by atoms with E-state index in [0.717, 1.165) is 31.4 Å². The highest BCUT2D eigenvalue weighted by Gasteiger charge is 2.83. The van der Waals surface area contributed by atoms with E-state index in [1.54, 1.807) is 7.11 Å². The van der Waals surface area contributed by atoms with E-state index < -0.39 is 17.4 Å². The molecule has 0 radical (unpaired) electrons. The average molecular weight is 469 g/mol. The van der Waals surface area contributed by atoms with Crippen molar-refractivity contribution >= 4 is 6.16 Å². The van der Waals surface area contributed by atoms with Gasteiger partial charge in [0.25, 0.3) is 0 Å². The molecule has 2 saturated carbocycles. The van der Waals surface area contributed by atoms with Crippen LogP contribution in [-0.2, 0) is 25.4 Å². The van der Waals surface area contributed by atoms with E-state index in [2.05, 4.69) is 44.2 Å². The Hall–Kier alpha value is -2.05. The van der Waals surface area contributed by atoms with Crippen molar-refractivity contribution < 1.29 is 28.5 Å². The molecule has 1 unspecified atom stereocenters. The van der Waals surface area contributed by atoms with Crippen molar-refractivity contribution in [2.24, 2.45) is 28.1 Å². The SMILES string of the molecule is COC(=O)O[C@@H]1[C@@H](C)C23C=C[C@@]1(C1(C)OCCO1)[C@@]2(C)CC[C@@H]1c2ccc(OC)cc2CC[C@H]13. The minimum absolute atomic E-state index is 0.110. The number of carbonyl (C=O) groups excluding carboxylic acids is 1. The Kier molecular flexibility index (Phi) is 4.77. The fraction of sp³-hybridized carbons (Fsp3) is 0.679. The predicted octanol–water partition coefficient (Wildman–Crippen LogP) is 5.25. The lowest BCUT2D eigenvalue weighted by atomic mass is 9.45. The van der Waals surface area contributed by atoms with Crippen LogP contribution in [0.5, 0.6) is 5.75 Å². The summed E-state index contributed by atoms with van der Waals surface area (Å²) in [4.78, 5) is 12.5. The van der Waals surface area contributed by atoms with Crippen LogP contribution in [0.3, 0.4) is 0 Å². The standard InChI is InChI=1S/C28H36O6/c1-17-23(34-24(29)31-5)28(26(3)32-14-15-33-26)13-12-27(17)22-9-6-18-16-19(30-4)7-8-20(18)21(22)10-11-25(27,28)2/h7-8,12-13,16-17,21-23H,6,9-11,14-15H2,1-5H3/t17-,21-,22-,23-,25+,27?,28+/m1/s1. The van der Waals surface area contributed by atoms with Crippen molar-refractivity contribution in [3.05, 3.63) is 41.5 Å². The maximum atomic E-state index is 12.5. The monoisotopic (exact) mass is 468 g/mol. The van der Waals surface area contributed by atoms with E-state index in [9.17, 15) is 4.79 Å². The van der Waals surface area contributed by atoms with E-state index in [4.69, 9.17) is 23.7 Å². The third kappa shape index (κ3) is 2.37. The highest BCUT2D eigenvalue weighted by atomic mass is 16.7.